The highest BCUT2D eigenvalue weighted by molar-refractivity contribution is 5.33. The van der Waals surface area contributed by atoms with Crippen LogP contribution in [0.15, 0.2) is 48.5 Å². The van der Waals surface area contributed by atoms with Gasteiger partial charge in [0, 0.05) is 0 Å². The molecule has 0 bridgehead atoms. The van der Waals surface area contributed by atoms with E-state index < -0.39 is 0 Å². The first-order valence-electron chi connectivity index (χ1n) is 5.78. The molecule has 2 aromatic carbocycles. The lowest BCUT2D eigenvalue weighted by Gasteiger charge is -2.10. The third-order valence-corrected chi connectivity index (χ3v) is 2.68. The summed E-state index contributed by atoms with van der Waals surface area (Å²) in [5.74, 6) is 1.21. The minimum atomic E-state index is 0.280. The molecule has 0 saturated carbocycles. The first-order chi connectivity index (χ1) is 8.29. The van der Waals surface area contributed by atoms with Crippen molar-refractivity contribution in [2.24, 2.45) is 0 Å². The Morgan fingerprint density at radius 3 is 2.41 bits per heavy atom. The molecule has 0 atom stereocenters. The van der Waals surface area contributed by atoms with Crippen LogP contribution < -0.4 is 4.74 Å². The van der Waals surface area contributed by atoms with Gasteiger partial charge in [0.1, 0.15) is 18.1 Å². The number of aromatic hydroxyl groups is 1. The summed E-state index contributed by atoms with van der Waals surface area (Å²) in [7, 11) is 0. The highest BCUT2D eigenvalue weighted by atomic mass is 16.5. The monoisotopic (exact) mass is 228 g/mol. The van der Waals surface area contributed by atoms with Gasteiger partial charge in [-0.3, -0.25) is 0 Å². The summed E-state index contributed by atoms with van der Waals surface area (Å²) in [4.78, 5) is 0. The summed E-state index contributed by atoms with van der Waals surface area (Å²) < 4.78 is 5.77. The first-order valence-corrected chi connectivity index (χ1v) is 5.78. The first kappa shape index (κ1) is 11.5. The number of aryl methyl sites for hydroxylation is 1. The van der Waals surface area contributed by atoms with E-state index >= 15 is 0 Å². The number of phenols is 1. The SMILES string of the molecule is CCc1ccccc1OCc1ccc(O)cc1. The molecule has 0 amide bonds. The summed E-state index contributed by atoms with van der Waals surface area (Å²) in [5.41, 5.74) is 2.26. The Bertz CT molecular complexity index is 475. The predicted molar refractivity (Wildman–Crippen MR) is 68.3 cm³/mol. The largest absolute Gasteiger partial charge is 0.508 e. The molecule has 0 heterocycles. The summed E-state index contributed by atoms with van der Waals surface area (Å²) in [6.45, 7) is 2.64. The molecular formula is C15H16O2. The number of benzene rings is 2. The second-order valence-electron chi connectivity index (χ2n) is 3.92. The van der Waals surface area contributed by atoms with Crippen molar-refractivity contribution in [3.63, 3.8) is 0 Å². The third-order valence-electron chi connectivity index (χ3n) is 2.68. The zero-order chi connectivity index (χ0) is 12.1. The van der Waals surface area contributed by atoms with Gasteiger partial charge in [-0.05, 0) is 35.7 Å². The van der Waals surface area contributed by atoms with Crippen molar-refractivity contribution in [1.29, 1.82) is 0 Å². The van der Waals surface area contributed by atoms with Gasteiger partial charge in [0.2, 0.25) is 0 Å². The van der Waals surface area contributed by atoms with E-state index in [1.54, 1.807) is 12.1 Å². The fourth-order valence-electron chi connectivity index (χ4n) is 1.69. The van der Waals surface area contributed by atoms with E-state index in [1.807, 2.05) is 30.3 Å². The molecule has 2 nitrogen and oxygen atoms in total. The van der Waals surface area contributed by atoms with E-state index in [0.717, 1.165) is 17.7 Å². The lowest BCUT2D eigenvalue weighted by Crippen LogP contribution is -1.97. The standard InChI is InChI=1S/C15H16O2/c1-2-13-5-3-4-6-15(13)17-11-12-7-9-14(16)10-8-12/h3-10,16H,2,11H2,1H3. The molecule has 0 spiro atoms. The number of ether oxygens (including phenoxy) is 1. The van der Waals surface area contributed by atoms with Gasteiger partial charge in [-0.2, -0.15) is 0 Å². The minimum Gasteiger partial charge on any atom is -0.508 e. The molecule has 2 rings (SSSR count). The van der Waals surface area contributed by atoms with Crippen LogP contribution in [-0.4, -0.2) is 5.11 Å². The minimum absolute atomic E-state index is 0.280. The zero-order valence-corrected chi connectivity index (χ0v) is 9.89. The van der Waals surface area contributed by atoms with Crippen molar-refractivity contribution >= 4 is 0 Å². The van der Waals surface area contributed by atoms with Crippen molar-refractivity contribution in [3.8, 4) is 11.5 Å². The molecule has 0 aliphatic heterocycles. The summed E-state index contributed by atoms with van der Waals surface area (Å²) in [6, 6.07) is 15.1. The smallest absolute Gasteiger partial charge is 0.122 e. The maximum atomic E-state index is 9.18. The van der Waals surface area contributed by atoms with Crippen molar-refractivity contribution < 1.29 is 9.84 Å². The Kier molecular flexibility index (Phi) is 3.66. The topological polar surface area (TPSA) is 29.5 Å². The molecule has 0 fully saturated rings. The maximum Gasteiger partial charge on any atom is 0.122 e. The molecule has 0 unspecified atom stereocenters. The molecule has 0 aliphatic rings. The summed E-state index contributed by atoms with van der Waals surface area (Å²) in [6.07, 6.45) is 0.964. The average molecular weight is 228 g/mol. The number of rotatable bonds is 4. The van der Waals surface area contributed by atoms with Crippen LogP contribution in [0.25, 0.3) is 0 Å². The highest BCUT2D eigenvalue weighted by Crippen LogP contribution is 2.20. The molecule has 2 heteroatoms. The van der Waals surface area contributed by atoms with Crippen molar-refractivity contribution in [2.75, 3.05) is 0 Å². The van der Waals surface area contributed by atoms with Crippen LogP contribution in [0.4, 0.5) is 0 Å². The van der Waals surface area contributed by atoms with Gasteiger partial charge in [0.25, 0.3) is 0 Å². The van der Waals surface area contributed by atoms with Crippen LogP contribution in [0.5, 0.6) is 11.5 Å². The number of phenolic OH excluding ortho intramolecular Hbond substituents is 1. The zero-order valence-electron chi connectivity index (χ0n) is 9.89. The quantitative estimate of drug-likeness (QED) is 0.867. The van der Waals surface area contributed by atoms with Crippen molar-refractivity contribution in [3.05, 3.63) is 59.7 Å². The number of hydrogen-bond acceptors (Lipinski definition) is 2. The van der Waals surface area contributed by atoms with E-state index in [2.05, 4.69) is 13.0 Å². The Balaban J connectivity index is 2.04. The molecule has 0 radical (unpaired) electrons. The van der Waals surface area contributed by atoms with Crippen LogP contribution in [0.1, 0.15) is 18.1 Å². The fraction of sp³-hybridized carbons (Fsp3) is 0.200. The molecule has 0 saturated heterocycles. The van der Waals surface area contributed by atoms with Crippen LogP contribution in [-0.2, 0) is 13.0 Å². The van der Waals surface area contributed by atoms with Gasteiger partial charge in [-0.25, -0.2) is 0 Å². The second kappa shape index (κ2) is 5.39. The van der Waals surface area contributed by atoms with E-state index in [1.165, 1.54) is 5.56 Å². The van der Waals surface area contributed by atoms with Crippen LogP contribution in [0, 0.1) is 0 Å². The lowest BCUT2D eigenvalue weighted by atomic mass is 10.1. The Morgan fingerprint density at radius 2 is 1.71 bits per heavy atom. The van der Waals surface area contributed by atoms with Gasteiger partial charge in [-0.1, -0.05) is 37.3 Å². The number of para-hydroxylation sites is 1. The van der Waals surface area contributed by atoms with E-state index in [0.29, 0.717) is 6.61 Å². The van der Waals surface area contributed by atoms with Gasteiger partial charge < -0.3 is 9.84 Å². The van der Waals surface area contributed by atoms with Gasteiger partial charge in [0.05, 0.1) is 0 Å². The van der Waals surface area contributed by atoms with Crippen LogP contribution in [0.2, 0.25) is 0 Å². The molecule has 17 heavy (non-hydrogen) atoms. The molecular weight excluding hydrogens is 212 g/mol. The van der Waals surface area contributed by atoms with Crippen LogP contribution >= 0.6 is 0 Å². The van der Waals surface area contributed by atoms with E-state index in [4.69, 9.17) is 4.74 Å². The summed E-state index contributed by atoms with van der Waals surface area (Å²) >= 11 is 0. The highest BCUT2D eigenvalue weighted by Gasteiger charge is 2.01. The van der Waals surface area contributed by atoms with Crippen LogP contribution in [0.3, 0.4) is 0 Å². The molecule has 2 aromatic rings. The van der Waals surface area contributed by atoms with E-state index in [9.17, 15) is 5.11 Å². The van der Waals surface area contributed by atoms with E-state index in [-0.39, 0.29) is 5.75 Å². The normalized spacial score (nSPS) is 10.2. The van der Waals surface area contributed by atoms with Crippen molar-refractivity contribution in [1.82, 2.24) is 0 Å². The second-order valence-corrected chi connectivity index (χ2v) is 3.92. The summed E-state index contributed by atoms with van der Waals surface area (Å²) in [5, 5.41) is 9.18. The molecule has 0 aliphatic carbocycles. The molecule has 1 N–H and O–H groups in total. The Morgan fingerprint density at radius 1 is 1.00 bits per heavy atom. The average Bonchev–Trinajstić information content (AvgIpc) is 2.38. The Hall–Kier alpha value is -1.96. The van der Waals surface area contributed by atoms with Gasteiger partial charge in [-0.15, -0.1) is 0 Å². The maximum absolute atomic E-state index is 9.18. The van der Waals surface area contributed by atoms with Crippen molar-refractivity contribution in [2.45, 2.75) is 20.0 Å². The third kappa shape index (κ3) is 3.00. The number of hydrogen-bond donors (Lipinski definition) is 1. The Labute approximate surface area is 101 Å². The van der Waals surface area contributed by atoms with Gasteiger partial charge in [0.15, 0.2) is 0 Å². The predicted octanol–water partition coefficient (Wildman–Crippen LogP) is 3.53. The van der Waals surface area contributed by atoms with Gasteiger partial charge >= 0.3 is 0 Å². The lowest BCUT2D eigenvalue weighted by molar-refractivity contribution is 0.303. The molecule has 0 aromatic heterocycles. The fourth-order valence-corrected chi connectivity index (χ4v) is 1.69. The molecule has 88 valence electrons.